The van der Waals surface area contributed by atoms with E-state index >= 15 is 0 Å². The fraction of sp³-hybridized carbons (Fsp3) is 0.350. The minimum atomic E-state index is -0.744. The standard InChI is InChI=1S/C20H24F2N6O/c1-12-19(13(2)28(25-12)17-7-6-15(21)8-16(17)22)20(29)23-10-18(26(3)4)14-9-24-27(5)11-14/h6-9,11,18H,10H2,1-5H3,(H,23,29). The van der Waals surface area contributed by atoms with E-state index in [-0.39, 0.29) is 17.6 Å². The molecule has 3 aromatic rings. The molecule has 0 saturated carbocycles. The second-order valence-corrected chi connectivity index (χ2v) is 7.19. The van der Waals surface area contributed by atoms with Gasteiger partial charge in [0, 0.05) is 31.4 Å². The Kier molecular flexibility index (Phi) is 5.78. The van der Waals surface area contributed by atoms with Crippen LogP contribution in [0, 0.1) is 25.5 Å². The summed E-state index contributed by atoms with van der Waals surface area (Å²) in [5.41, 5.74) is 2.39. The van der Waals surface area contributed by atoms with Gasteiger partial charge in [-0.05, 0) is 40.1 Å². The Hall–Kier alpha value is -3.07. The second kappa shape index (κ2) is 8.12. The normalized spacial score (nSPS) is 12.4. The van der Waals surface area contributed by atoms with Gasteiger partial charge >= 0.3 is 0 Å². The molecule has 1 aromatic carbocycles. The third-order valence-electron chi connectivity index (χ3n) is 4.85. The lowest BCUT2D eigenvalue weighted by Crippen LogP contribution is -2.34. The molecule has 1 amide bonds. The quantitative estimate of drug-likeness (QED) is 0.688. The molecule has 0 aliphatic carbocycles. The number of aromatic nitrogens is 4. The number of aryl methyl sites for hydroxylation is 2. The first kappa shape index (κ1) is 20.7. The van der Waals surface area contributed by atoms with Crippen molar-refractivity contribution in [2.75, 3.05) is 20.6 Å². The van der Waals surface area contributed by atoms with Crippen LogP contribution >= 0.6 is 0 Å². The molecule has 0 fully saturated rings. The number of likely N-dealkylation sites (N-methyl/N-ethyl adjacent to an activating group) is 1. The highest BCUT2D eigenvalue weighted by atomic mass is 19.1. The largest absolute Gasteiger partial charge is 0.350 e. The van der Waals surface area contributed by atoms with Crippen LogP contribution < -0.4 is 5.32 Å². The fourth-order valence-electron chi connectivity index (χ4n) is 3.35. The Labute approximate surface area is 167 Å². The molecule has 0 saturated heterocycles. The Morgan fingerprint density at radius 3 is 2.59 bits per heavy atom. The zero-order chi connectivity index (χ0) is 21.3. The van der Waals surface area contributed by atoms with Gasteiger partial charge < -0.3 is 10.2 Å². The van der Waals surface area contributed by atoms with Gasteiger partial charge in [-0.3, -0.25) is 9.48 Å². The second-order valence-electron chi connectivity index (χ2n) is 7.19. The molecule has 9 heteroatoms. The molecule has 0 spiro atoms. The molecule has 1 unspecified atom stereocenters. The number of rotatable bonds is 6. The lowest BCUT2D eigenvalue weighted by molar-refractivity contribution is 0.0940. The molecule has 154 valence electrons. The molecule has 0 aliphatic rings. The van der Waals surface area contributed by atoms with E-state index in [1.807, 2.05) is 32.2 Å². The monoisotopic (exact) mass is 402 g/mol. The summed E-state index contributed by atoms with van der Waals surface area (Å²) in [4.78, 5) is 14.9. The number of amides is 1. The summed E-state index contributed by atoms with van der Waals surface area (Å²) in [5, 5.41) is 11.4. The summed E-state index contributed by atoms with van der Waals surface area (Å²) >= 11 is 0. The van der Waals surface area contributed by atoms with Gasteiger partial charge in [-0.2, -0.15) is 10.2 Å². The zero-order valence-corrected chi connectivity index (χ0v) is 17.1. The smallest absolute Gasteiger partial charge is 0.255 e. The van der Waals surface area contributed by atoms with E-state index in [1.165, 1.54) is 10.7 Å². The lowest BCUT2D eigenvalue weighted by atomic mass is 10.1. The zero-order valence-electron chi connectivity index (χ0n) is 17.1. The fourth-order valence-corrected chi connectivity index (χ4v) is 3.35. The van der Waals surface area contributed by atoms with E-state index in [1.54, 1.807) is 24.7 Å². The van der Waals surface area contributed by atoms with Crippen LogP contribution in [0.4, 0.5) is 8.78 Å². The first-order valence-corrected chi connectivity index (χ1v) is 9.14. The van der Waals surface area contributed by atoms with Gasteiger partial charge in [0.1, 0.15) is 11.5 Å². The molecular formula is C20H24F2N6O. The van der Waals surface area contributed by atoms with Gasteiger partial charge in [0.15, 0.2) is 5.82 Å². The van der Waals surface area contributed by atoms with Crippen LogP contribution in [0.3, 0.4) is 0 Å². The molecule has 0 aliphatic heterocycles. The summed E-state index contributed by atoms with van der Waals surface area (Å²) in [5.74, 6) is -1.72. The van der Waals surface area contributed by atoms with Crippen molar-refractivity contribution < 1.29 is 13.6 Å². The number of hydrogen-bond donors (Lipinski definition) is 1. The van der Waals surface area contributed by atoms with E-state index in [2.05, 4.69) is 15.5 Å². The van der Waals surface area contributed by atoms with Gasteiger partial charge in [-0.25, -0.2) is 13.5 Å². The lowest BCUT2D eigenvalue weighted by Gasteiger charge is -2.23. The summed E-state index contributed by atoms with van der Waals surface area (Å²) in [6, 6.07) is 3.19. The summed E-state index contributed by atoms with van der Waals surface area (Å²) < 4.78 is 30.4. The van der Waals surface area contributed by atoms with E-state index in [9.17, 15) is 13.6 Å². The molecular weight excluding hydrogens is 378 g/mol. The highest BCUT2D eigenvalue weighted by Gasteiger charge is 2.23. The molecule has 1 N–H and O–H groups in total. The Morgan fingerprint density at radius 1 is 1.28 bits per heavy atom. The topological polar surface area (TPSA) is 68.0 Å². The molecule has 29 heavy (non-hydrogen) atoms. The number of halogens is 2. The van der Waals surface area contributed by atoms with Crippen LogP contribution in [0.25, 0.3) is 5.69 Å². The molecule has 7 nitrogen and oxygen atoms in total. The van der Waals surface area contributed by atoms with Crippen molar-refractivity contribution >= 4 is 5.91 Å². The van der Waals surface area contributed by atoms with E-state index in [0.29, 0.717) is 23.5 Å². The van der Waals surface area contributed by atoms with Crippen LogP contribution in [0.15, 0.2) is 30.6 Å². The van der Waals surface area contributed by atoms with Crippen LogP contribution in [-0.2, 0) is 7.05 Å². The minimum Gasteiger partial charge on any atom is -0.350 e. The number of carbonyl (C=O) groups excluding carboxylic acids is 1. The third kappa shape index (κ3) is 4.19. The van der Waals surface area contributed by atoms with Crippen molar-refractivity contribution in [3.63, 3.8) is 0 Å². The van der Waals surface area contributed by atoms with Crippen molar-refractivity contribution in [2.45, 2.75) is 19.9 Å². The SMILES string of the molecule is Cc1nn(-c2ccc(F)cc2F)c(C)c1C(=O)NCC(c1cnn(C)c1)N(C)C. The van der Waals surface area contributed by atoms with Crippen LogP contribution in [0.2, 0.25) is 0 Å². The Bertz CT molecular complexity index is 1040. The van der Waals surface area contributed by atoms with Gasteiger partial charge in [-0.15, -0.1) is 0 Å². The third-order valence-corrected chi connectivity index (χ3v) is 4.85. The van der Waals surface area contributed by atoms with E-state index < -0.39 is 11.6 Å². The molecule has 0 bridgehead atoms. The predicted octanol–water partition coefficient (Wildman–Crippen LogP) is 2.53. The van der Waals surface area contributed by atoms with Gasteiger partial charge in [0.05, 0.1) is 29.2 Å². The van der Waals surface area contributed by atoms with Crippen LogP contribution in [-0.4, -0.2) is 51.0 Å². The Morgan fingerprint density at radius 2 is 2.00 bits per heavy atom. The summed E-state index contributed by atoms with van der Waals surface area (Å²) in [7, 11) is 5.69. The number of nitrogens with one attached hydrogen (secondary N) is 1. The number of benzene rings is 1. The van der Waals surface area contributed by atoms with E-state index in [0.717, 1.165) is 17.7 Å². The van der Waals surface area contributed by atoms with Crippen molar-refractivity contribution in [2.24, 2.45) is 7.05 Å². The average Bonchev–Trinajstić information content (AvgIpc) is 3.18. The number of carbonyl (C=O) groups is 1. The molecule has 2 heterocycles. The van der Waals surface area contributed by atoms with Crippen molar-refractivity contribution in [3.8, 4) is 5.69 Å². The maximum atomic E-state index is 14.2. The van der Waals surface area contributed by atoms with Crippen molar-refractivity contribution in [1.29, 1.82) is 0 Å². The van der Waals surface area contributed by atoms with Gasteiger partial charge in [-0.1, -0.05) is 0 Å². The maximum Gasteiger partial charge on any atom is 0.255 e. The maximum absolute atomic E-state index is 14.2. The van der Waals surface area contributed by atoms with Gasteiger partial charge in [0.25, 0.3) is 5.91 Å². The Balaban J connectivity index is 1.83. The highest BCUT2D eigenvalue weighted by Crippen LogP contribution is 2.22. The number of nitrogens with zero attached hydrogens (tertiary/aromatic N) is 5. The minimum absolute atomic E-state index is 0.0575. The predicted molar refractivity (Wildman–Crippen MR) is 105 cm³/mol. The molecule has 1 atom stereocenters. The van der Waals surface area contributed by atoms with Crippen LogP contribution in [0.1, 0.15) is 33.4 Å². The van der Waals surface area contributed by atoms with E-state index in [4.69, 9.17) is 0 Å². The molecule has 3 rings (SSSR count). The van der Waals surface area contributed by atoms with Crippen molar-refractivity contribution in [3.05, 3.63) is 64.7 Å². The van der Waals surface area contributed by atoms with Crippen molar-refractivity contribution in [1.82, 2.24) is 29.8 Å². The average molecular weight is 402 g/mol. The number of hydrogen-bond acceptors (Lipinski definition) is 4. The summed E-state index contributed by atoms with van der Waals surface area (Å²) in [6.45, 7) is 3.74. The van der Waals surface area contributed by atoms with Gasteiger partial charge in [0.2, 0.25) is 0 Å². The molecule has 2 aromatic heterocycles. The first-order chi connectivity index (χ1) is 13.7. The first-order valence-electron chi connectivity index (χ1n) is 9.14. The highest BCUT2D eigenvalue weighted by molar-refractivity contribution is 5.96. The summed E-state index contributed by atoms with van der Waals surface area (Å²) in [6.07, 6.45) is 3.67. The molecule has 0 radical (unpaired) electrons. The van der Waals surface area contributed by atoms with Crippen LogP contribution in [0.5, 0.6) is 0 Å².